The van der Waals surface area contributed by atoms with Crippen LogP contribution in [0.2, 0.25) is 0 Å². The van der Waals surface area contributed by atoms with Gasteiger partial charge in [0.15, 0.2) is 0 Å². The Labute approximate surface area is 309 Å². The van der Waals surface area contributed by atoms with Crippen LogP contribution >= 0.6 is 0 Å². The average molecular weight is 639 g/mol. The van der Waals surface area contributed by atoms with Crippen LogP contribution in [0.25, 0.3) is 10.8 Å². The maximum Gasteiger partial charge on any atom is 1.00 e. The van der Waals surface area contributed by atoms with Gasteiger partial charge in [-0.2, -0.15) is 0 Å². The summed E-state index contributed by atoms with van der Waals surface area (Å²) in [6.45, 7) is 4.55. The van der Waals surface area contributed by atoms with Crippen molar-refractivity contribution in [1.82, 2.24) is 0 Å². The van der Waals surface area contributed by atoms with Crippen LogP contribution in [0.5, 0.6) is 0 Å². The molecule has 43 heavy (non-hydrogen) atoms. The van der Waals surface area contributed by atoms with Gasteiger partial charge in [0, 0.05) is 0 Å². The predicted molar refractivity (Wildman–Crippen MR) is 181 cm³/mol. The van der Waals surface area contributed by atoms with Gasteiger partial charge < -0.3 is 4.55 Å². The fourth-order valence-corrected chi connectivity index (χ4v) is 6.81. The Morgan fingerprint density at radius 3 is 1.14 bits per heavy atom. The Morgan fingerprint density at radius 2 is 0.791 bits per heavy atom. The van der Waals surface area contributed by atoms with E-state index in [1.165, 1.54) is 171 Å². The zero-order chi connectivity index (χ0) is 30.3. The quantitative estimate of drug-likeness (QED) is 0.0557. The summed E-state index contributed by atoms with van der Waals surface area (Å²) < 4.78 is 34.8. The van der Waals surface area contributed by atoms with Gasteiger partial charge in [-0.3, -0.25) is 0 Å². The van der Waals surface area contributed by atoms with Gasteiger partial charge in [-0.15, -0.1) is 0 Å². The molecule has 5 heteroatoms. The molecule has 0 heterocycles. The molecule has 0 amide bonds. The second-order valence-corrected chi connectivity index (χ2v) is 14.2. The van der Waals surface area contributed by atoms with E-state index in [1.807, 2.05) is 0 Å². The summed E-state index contributed by atoms with van der Waals surface area (Å²) in [5, 5.41) is 1.91. The molecule has 0 spiro atoms. The van der Waals surface area contributed by atoms with Gasteiger partial charge in [-0.25, -0.2) is 8.42 Å². The number of hydrogen-bond acceptors (Lipinski definition) is 3. The molecule has 3 nitrogen and oxygen atoms in total. The standard InChI is InChI=1S/C38H64O3S.K/c1-3-5-7-9-11-13-15-17-19-21-23-25-27-34-31-36-29-30-38(42(39,40)41)33-37(36)32-35(34)28-26-24-22-20-18-16-14-12-10-8-6-4-2;/h29-33H,3-28H2,1-2H3,(H,39,40,41);/q;+1/p-1. The number of fused-ring (bicyclic) bond motifs is 1. The smallest absolute Gasteiger partial charge is 0.744 e. The van der Waals surface area contributed by atoms with Crippen molar-refractivity contribution in [3.8, 4) is 0 Å². The van der Waals surface area contributed by atoms with Crippen LogP contribution < -0.4 is 51.4 Å². The number of rotatable bonds is 27. The third kappa shape index (κ3) is 19.5. The molecule has 2 rings (SSSR count). The predicted octanol–water partition coefficient (Wildman–Crippen LogP) is 9.24. The molecule has 0 unspecified atom stereocenters. The largest absolute Gasteiger partial charge is 1.00 e. The molecular formula is C38H63KO3S. The topological polar surface area (TPSA) is 57.2 Å². The molecule has 0 saturated carbocycles. The summed E-state index contributed by atoms with van der Waals surface area (Å²) in [5.41, 5.74) is 2.76. The number of aryl methyl sites for hydroxylation is 2. The summed E-state index contributed by atoms with van der Waals surface area (Å²) in [4.78, 5) is -0.125. The van der Waals surface area contributed by atoms with Gasteiger partial charge in [-0.05, 0) is 59.7 Å². The molecule has 0 bridgehead atoms. The van der Waals surface area contributed by atoms with Gasteiger partial charge in [0.05, 0.1) is 4.90 Å². The van der Waals surface area contributed by atoms with Crippen LogP contribution in [0.3, 0.4) is 0 Å². The van der Waals surface area contributed by atoms with Crippen LogP contribution in [0.15, 0.2) is 35.2 Å². The maximum absolute atomic E-state index is 11.6. The van der Waals surface area contributed by atoms with Crippen LogP contribution in [-0.4, -0.2) is 13.0 Å². The summed E-state index contributed by atoms with van der Waals surface area (Å²) in [7, 11) is -4.44. The van der Waals surface area contributed by atoms with Gasteiger partial charge in [-0.1, -0.05) is 173 Å². The van der Waals surface area contributed by atoms with Crippen molar-refractivity contribution < 1.29 is 64.4 Å². The van der Waals surface area contributed by atoms with Crippen molar-refractivity contribution in [3.63, 3.8) is 0 Å². The van der Waals surface area contributed by atoms with Crippen molar-refractivity contribution in [1.29, 1.82) is 0 Å². The monoisotopic (exact) mass is 638 g/mol. The SMILES string of the molecule is CCCCCCCCCCCCCCc1cc2ccc(S(=O)(=O)[O-])cc2cc1CCCCCCCCCCCCCC.[K+]. The van der Waals surface area contributed by atoms with E-state index in [9.17, 15) is 13.0 Å². The zero-order valence-corrected chi connectivity index (χ0v) is 32.3. The minimum absolute atomic E-state index is 0. The second-order valence-electron chi connectivity index (χ2n) is 12.9. The van der Waals surface area contributed by atoms with E-state index in [0.29, 0.717) is 0 Å². The first-order valence-corrected chi connectivity index (χ1v) is 19.4. The average Bonchev–Trinajstić information content (AvgIpc) is 2.97. The van der Waals surface area contributed by atoms with E-state index >= 15 is 0 Å². The normalized spacial score (nSPS) is 11.7. The third-order valence-corrected chi connectivity index (χ3v) is 9.85. The zero-order valence-electron chi connectivity index (χ0n) is 28.4. The van der Waals surface area contributed by atoms with E-state index in [4.69, 9.17) is 0 Å². The number of hydrogen-bond donors (Lipinski definition) is 0. The Hall–Kier alpha value is 0.246. The first-order valence-electron chi connectivity index (χ1n) is 18.0. The van der Waals surface area contributed by atoms with Gasteiger partial charge in [0.2, 0.25) is 0 Å². The molecule has 0 aliphatic heterocycles. The molecule has 0 atom stereocenters. The van der Waals surface area contributed by atoms with Crippen molar-refractivity contribution >= 4 is 20.9 Å². The molecule has 0 aliphatic rings. The third-order valence-electron chi connectivity index (χ3n) is 9.02. The van der Waals surface area contributed by atoms with Crippen molar-refractivity contribution in [3.05, 3.63) is 41.5 Å². The fraction of sp³-hybridized carbons (Fsp3) is 0.737. The molecule has 0 radical (unpaired) electrons. The molecule has 0 saturated heterocycles. The molecule has 0 N–H and O–H groups in total. The van der Waals surface area contributed by atoms with E-state index in [0.717, 1.165) is 23.6 Å². The minimum atomic E-state index is -4.44. The van der Waals surface area contributed by atoms with Gasteiger partial charge in [0.1, 0.15) is 10.1 Å². The number of benzene rings is 2. The Kier molecular flexibility index (Phi) is 25.3. The molecule has 2 aromatic carbocycles. The van der Waals surface area contributed by atoms with Gasteiger partial charge in [0.25, 0.3) is 0 Å². The minimum Gasteiger partial charge on any atom is -0.744 e. The number of unbranched alkanes of at least 4 members (excludes halogenated alkanes) is 22. The van der Waals surface area contributed by atoms with Crippen LogP contribution in [0.1, 0.15) is 179 Å². The fourth-order valence-electron chi connectivity index (χ4n) is 6.30. The first-order chi connectivity index (χ1) is 20.5. The Balaban J connectivity index is 0.00000924. The molecule has 0 aromatic heterocycles. The molecular weight excluding hydrogens is 576 g/mol. The van der Waals surface area contributed by atoms with E-state index in [2.05, 4.69) is 26.0 Å². The van der Waals surface area contributed by atoms with E-state index in [1.54, 1.807) is 12.1 Å². The summed E-state index contributed by atoms with van der Waals surface area (Å²) in [5.74, 6) is 0. The second kappa shape index (κ2) is 26.3. The van der Waals surface area contributed by atoms with Crippen LogP contribution in [0, 0.1) is 0 Å². The summed E-state index contributed by atoms with van der Waals surface area (Å²) in [6.07, 6.45) is 34.5. The molecule has 2 aromatic rings. The summed E-state index contributed by atoms with van der Waals surface area (Å²) >= 11 is 0. The summed E-state index contributed by atoms with van der Waals surface area (Å²) in [6, 6.07) is 9.25. The maximum atomic E-state index is 11.6. The van der Waals surface area contributed by atoms with Crippen molar-refractivity contribution in [2.24, 2.45) is 0 Å². The van der Waals surface area contributed by atoms with Crippen molar-refractivity contribution in [2.45, 2.75) is 186 Å². The van der Waals surface area contributed by atoms with Crippen LogP contribution in [-0.2, 0) is 23.0 Å². The van der Waals surface area contributed by atoms with Gasteiger partial charge >= 0.3 is 51.4 Å². The molecule has 0 fully saturated rings. The van der Waals surface area contributed by atoms with E-state index in [-0.39, 0.29) is 56.3 Å². The Bertz CT molecular complexity index is 1070. The molecule has 240 valence electrons. The first kappa shape index (κ1) is 41.3. The van der Waals surface area contributed by atoms with E-state index < -0.39 is 10.1 Å². The van der Waals surface area contributed by atoms with Crippen LogP contribution in [0.4, 0.5) is 0 Å². The molecule has 0 aliphatic carbocycles. The Morgan fingerprint density at radius 1 is 0.465 bits per heavy atom. The van der Waals surface area contributed by atoms with Crippen molar-refractivity contribution in [2.75, 3.05) is 0 Å².